The first-order valence-electron chi connectivity index (χ1n) is 8.04. The van der Waals surface area contributed by atoms with Gasteiger partial charge in [0, 0.05) is 18.8 Å². The van der Waals surface area contributed by atoms with Crippen LogP contribution in [-0.2, 0) is 14.3 Å². The Morgan fingerprint density at radius 1 is 0.923 bits per heavy atom. The van der Waals surface area contributed by atoms with Gasteiger partial charge in [0.25, 0.3) is 0 Å². The molecule has 6 nitrogen and oxygen atoms in total. The molecule has 0 aliphatic carbocycles. The molecule has 1 fully saturated rings. The summed E-state index contributed by atoms with van der Waals surface area (Å²) in [5.41, 5.74) is 1.82. The summed E-state index contributed by atoms with van der Waals surface area (Å²) in [6.07, 6.45) is 0. The lowest BCUT2D eigenvalue weighted by Crippen LogP contribution is -2.37. The molecule has 0 unspecified atom stereocenters. The third-order valence-corrected chi connectivity index (χ3v) is 4.63. The molecular formula is C18H17Cl2N3O3. The van der Waals surface area contributed by atoms with Crippen LogP contribution < -0.4 is 15.5 Å². The van der Waals surface area contributed by atoms with E-state index in [2.05, 4.69) is 15.5 Å². The minimum atomic E-state index is -0.792. The Balaban J connectivity index is 1.69. The molecule has 136 valence electrons. The average Bonchev–Trinajstić information content (AvgIpc) is 2.66. The van der Waals surface area contributed by atoms with Crippen molar-refractivity contribution in [1.82, 2.24) is 0 Å². The normalized spacial score (nSPS) is 14.0. The Labute approximate surface area is 161 Å². The number of halogens is 2. The first-order chi connectivity index (χ1) is 12.5. The van der Waals surface area contributed by atoms with Crippen LogP contribution in [0.2, 0.25) is 10.0 Å². The van der Waals surface area contributed by atoms with Crippen molar-refractivity contribution >= 4 is 52.1 Å². The highest BCUT2D eigenvalue weighted by molar-refractivity contribution is 6.44. The molecule has 26 heavy (non-hydrogen) atoms. The third-order valence-electron chi connectivity index (χ3n) is 3.89. The molecule has 0 bridgehead atoms. The van der Waals surface area contributed by atoms with E-state index in [1.165, 1.54) is 6.07 Å². The van der Waals surface area contributed by atoms with Crippen molar-refractivity contribution in [3.63, 3.8) is 0 Å². The summed E-state index contributed by atoms with van der Waals surface area (Å²) in [5, 5.41) is 5.83. The van der Waals surface area contributed by atoms with Crippen molar-refractivity contribution in [3.05, 3.63) is 52.5 Å². The number of rotatable bonds is 3. The zero-order valence-corrected chi connectivity index (χ0v) is 15.3. The second kappa shape index (κ2) is 8.40. The molecule has 0 spiro atoms. The molecule has 0 aromatic heterocycles. The van der Waals surface area contributed by atoms with Crippen LogP contribution >= 0.6 is 23.2 Å². The molecule has 0 radical (unpaired) electrons. The number of hydrogen-bond donors (Lipinski definition) is 2. The second-order valence-corrected chi connectivity index (χ2v) is 6.47. The van der Waals surface area contributed by atoms with Crippen molar-refractivity contribution in [2.24, 2.45) is 0 Å². The number of nitrogens with one attached hydrogen (secondary N) is 2. The predicted molar refractivity (Wildman–Crippen MR) is 103 cm³/mol. The van der Waals surface area contributed by atoms with Gasteiger partial charge in [-0.05, 0) is 30.3 Å². The molecule has 2 aromatic carbocycles. The summed E-state index contributed by atoms with van der Waals surface area (Å²) in [5.74, 6) is -1.56. The van der Waals surface area contributed by atoms with Crippen molar-refractivity contribution in [2.75, 3.05) is 41.8 Å². The molecule has 2 amide bonds. The molecule has 1 aliphatic rings. The number of anilines is 3. The van der Waals surface area contributed by atoms with Crippen LogP contribution in [0, 0.1) is 0 Å². The van der Waals surface area contributed by atoms with E-state index in [1.54, 1.807) is 24.3 Å². The number of morpholine rings is 1. The van der Waals surface area contributed by atoms with Gasteiger partial charge in [-0.25, -0.2) is 0 Å². The average molecular weight is 394 g/mol. The van der Waals surface area contributed by atoms with Crippen LogP contribution in [0.5, 0.6) is 0 Å². The number of carbonyl (C=O) groups excluding carboxylic acids is 2. The van der Waals surface area contributed by atoms with Gasteiger partial charge in [0.1, 0.15) is 0 Å². The highest BCUT2D eigenvalue weighted by atomic mass is 35.5. The Bertz CT molecular complexity index is 823. The Hall–Kier alpha value is -2.28. The fourth-order valence-electron chi connectivity index (χ4n) is 2.60. The summed E-state index contributed by atoms with van der Waals surface area (Å²) >= 11 is 11.8. The van der Waals surface area contributed by atoms with Crippen molar-refractivity contribution in [1.29, 1.82) is 0 Å². The van der Waals surface area contributed by atoms with Crippen LogP contribution in [0.15, 0.2) is 42.5 Å². The monoisotopic (exact) mass is 393 g/mol. The minimum Gasteiger partial charge on any atom is -0.378 e. The first kappa shape index (κ1) is 18.5. The third kappa shape index (κ3) is 4.46. The lowest BCUT2D eigenvalue weighted by Gasteiger charge is -2.30. The molecule has 0 atom stereocenters. The van der Waals surface area contributed by atoms with E-state index in [1.807, 2.05) is 12.1 Å². The summed E-state index contributed by atoms with van der Waals surface area (Å²) in [6.45, 7) is 2.70. The number of benzene rings is 2. The van der Waals surface area contributed by atoms with E-state index in [9.17, 15) is 9.59 Å². The highest BCUT2D eigenvalue weighted by Gasteiger charge is 2.19. The van der Waals surface area contributed by atoms with Gasteiger partial charge in [-0.1, -0.05) is 35.3 Å². The first-order valence-corrected chi connectivity index (χ1v) is 8.79. The van der Waals surface area contributed by atoms with Crippen molar-refractivity contribution in [2.45, 2.75) is 0 Å². The maximum Gasteiger partial charge on any atom is 0.314 e. The zero-order valence-electron chi connectivity index (χ0n) is 13.8. The van der Waals surface area contributed by atoms with Gasteiger partial charge in [-0.3, -0.25) is 9.59 Å². The number of nitrogens with zero attached hydrogens (tertiary/aromatic N) is 1. The maximum absolute atomic E-state index is 12.3. The van der Waals surface area contributed by atoms with Crippen molar-refractivity contribution < 1.29 is 14.3 Å². The van der Waals surface area contributed by atoms with Gasteiger partial charge < -0.3 is 20.3 Å². The lowest BCUT2D eigenvalue weighted by molar-refractivity contribution is -0.132. The van der Waals surface area contributed by atoms with Gasteiger partial charge in [0.05, 0.1) is 34.6 Å². The van der Waals surface area contributed by atoms with E-state index >= 15 is 0 Å². The molecule has 3 rings (SSSR count). The number of ether oxygens (including phenoxy) is 1. The van der Waals surface area contributed by atoms with E-state index in [4.69, 9.17) is 27.9 Å². The SMILES string of the molecule is O=C(Nc1ccc(Cl)c(Cl)c1)C(=O)Nc1ccccc1N1CCOCC1. The zero-order chi connectivity index (χ0) is 18.5. The van der Waals surface area contributed by atoms with Gasteiger partial charge in [-0.15, -0.1) is 0 Å². The number of carbonyl (C=O) groups is 2. The fraction of sp³-hybridized carbons (Fsp3) is 0.222. The van der Waals surface area contributed by atoms with E-state index in [-0.39, 0.29) is 0 Å². The summed E-state index contributed by atoms with van der Waals surface area (Å²) < 4.78 is 5.35. The molecule has 8 heteroatoms. The molecule has 0 saturated carbocycles. The Kier molecular flexibility index (Phi) is 5.98. The quantitative estimate of drug-likeness (QED) is 0.783. The van der Waals surface area contributed by atoms with Crippen molar-refractivity contribution in [3.8, 4) is 0 Å². The van der Waals surface area contributed by atoms with Gasteiger partial charge >= 0.3 is 11.8 Å². The summed E-state index contributed by atoms with van der Waals surface area (Å²) in [6, 6.07) is 11.9. The van der Waals surface area contributed by atoms with Gasteiger partial charge in [0.15, 0.2) is 0 Å². The highest BCUT2D eigenvalue weighted by Crippen LogP contribution is 2.27. The predicted octanol–water partition coefficient (Wildman–Crippen LogP) is 3.41. The van der Waals surface area contributed by atoms with Crippen LogP contribution in [0.1, 0.15) is 0 Å². The largest absolute Gasteiger partial charge is 0.378 e. The number of hydrogen-bond acceptors (Lipinski definition) is 4. The molecule has 1 saturated heterocycles. The van der Waals surface area contributed by atoms with Crippen LogP contribution in [0.3, 0.4) is 0 Å². The number of amides is 2. The lowest BCUT2D eigenvalue weighted by atomic mass is 10.2. The fourth-order valence-corrected chi connectivity index (χ4v) is 2.90. The van der Waals surface area contributed by atoms with Crippen LogP contribution in [-0.4, -0.2) is 38.1 Å². The Morgan fingerprint density at radius 2 is 1.62 bits per heavy atom. The topological polar surface area (TPSA) is 70.7 Å². The van der Waals surface area contributed by atoms with Crippen LogP contribution in [0.4, 0.5) is 17.1 Å². The molecular weight excluding hydrogens is 377 g/mol. The number of para-hydroxylation sites is 2. The summed E-state index contributed by atoms with van der Waals surface area (Å²) in [7, 11) is 0. The standard InChI is InChI=1S/C18H17Cl2N3O3/c19-13-6-5-12(11-14(13)20)21-17(24)18(25)22-15-3-1-2-4-16(15)23-7-9-26-10-8-23/h1-6,11H,7-10H2,(H,21,24)(H,22,25). The van der Waals surface area contributed by atoms with E-state index in [0.29, 0.717) is 34.6 Å². The van der Waals surface area contributed by atoms with Gasteiger partial charge in [0.2, 0.25) is 0 Å². The molecule has 2 N–H and O–H groups in total. The Morgan fingerprint density at radius 3 is 2.35 bits per heavy atom. The van der Waals surface area contributed by atoms with E-state index in [0.717, 1.165) is 18.8 Å². The molecule has 2 aromatic rings. The summed E-state index contributed by atoms with van der Waals surface area (Å²) in [4.78, 5) is 26.6. The molecule has 1 heterocycles. The smallest absolute Gasteiger partial charge is 0.314 e. The van der Waals surface area contributed by atoms with Crippen LogP contribution in [0.25, 0.3) is 0 Å². The second-order valence-electron chi connectivity index (χ2n) is 5.65. The molecule has 1 aliphatic heterocycles. The van der Waals surface area contributed by atoms with E-state index < -0.39 is 11.8 Å². The maximum atomic E-state index is 12.3. The minimum absolute atomic E-state index is 0.294. The van der Waals surface area contributed by atoms with Gasteiger partial charge in [-0.2, -0.15) is 0 Å².